The van der Waals surface area contributed by atoms with E-state index in [0.717, 1.165) is 30.8 Å². The van der Waals surface area contributed by atoms with Gasteiger partial charge in [-0.05, 0) is 30.7 Å². The molecule has 0 radical (unpaired) electrons. The summed E-state index contributed by atoms with van der Waals surface area (Å²) < 4.78 is 1.95. The predicted octanol–water partition coefficient (Wildman–Crippen LogP) is 2.98. The van der Waals surface area contributed by atoms with Crippen LogP contribution < -0.4 is 10.3 Å². The number of unbranched alkanes of at least 4 members (excludes halogenated alkanes) is 1. The lowest BCUT2D eigenvalue weighted by Crippen LogP contribution is -2.19. The van der Waals surface area contributed by atoms with Crippen LogP contribution in [0.15, 0.2) is 43.0 Å². The standard InChI is InChI=1S/C13H17N3O.ClH/c1-2-3-8-15-17-13-6-4-12(5-7-13)16-10-9-14-11-16;/h4-7,9-11,15H,2-3,8H2,1H3;1H. The zero-order valence-electron chi connectivity index (χ0n) is 10.4. The highest BCUT2D eigenvalue weighted by molar-refractivity contribution is 5.85. The maximum atomic E-state index is 5.41. The summed E-state index contributed by atoms with van der Waals surface area (Å²) in [4.78, 5) is 9.42. The van der Waals surface area contributed by atoms with Crippen molar-refractivity contribution in [3.8, 4) is 11.4 Å². The fourth-order valence-electron chi connectivity index (χ4n) is 1.48. The second-order valence-corrected chi connectivity index (χ2v) is 3.81. The van der Waals surface area contributed by atoms with Gasteiger partial charge in [-0.15, -0.1) is 12.4 Å². The third-order valence-corrected chi connectivity index (χ3v) is 2.46. The summed E-state index contributed by atoms with van der Waals surface area (Å²) in [6.45, 7) is 3.03. The lowest BCUT2D eigenvalue weighted by molar-refractivity contribution is 0.194. The van der Waals surface area contributed by atoms with Crippen molar-refractivity contribution in [3.63, 3.8) is 0 Å². The van der Waals surface area contributed by atoms with Gasteiger partial charge in [0, 0.05) is 24.6 Å². The van der Waals surface area contributed by atoms with Crippen molar-refractivity contribution in [2.75, 3.05) is 6.54 Å². The first kappa shape index (κ1) is 14.5. The Morgan fingerprint density at radius 1 is 1.28 bits per heavy atom. The number of benzene rings is 1. The molecule has 1 aromatic heterocycles. The van der Waals surface area contributed by atoms with Gasteiger partial charge in [0.05, 0.1) is 6.33 Å². The summed E-state index contributed by atoms with van der Waals surface area (Å²) in [5, 5.41) is 0. The summed E-state index contributed by atoms with van der Waals surface area (Å²) in [6.07, 6.45) is 7.73. The van der Waals surface area contributed by atoms with Crippen LogP contribution in [-0.2, 0) is 0 Å². The van der Waals surface area contributed by atoms with Crippen molar-refractivity contribution < 1.29 is 4.84 Å². The SMILES string of the molecule is CCCCNOc1ccc(-n2ccnc2)cc1.Cl. The van der Waals surface area contributed by atoms with Crippen molar-refractivity contribution in [2.45, 2.75) is 19.8 Å². The number of hydrogen-bond donors (Lipinski definition) is 1. The van der Waals surface area contributed by atoms with Crippen LogP contribution in [0.2, 0.25) is 0 Å². The van der Waals surface area contributed by atoms with E-state index in [1.807, 2.05) is 35.0 Å². The quantitative estimate of drug-likeness (QED) is 0.646. The average molecular weight is 268 g/mol. The first-order valence-electron chi connectivity index (χ1n) is 5.88. The molecule has 1 aromatic carbocycles. The second kappa shape index (κ2) is 7.74. The predicted molar refractivity (Wildman–Crippen MR) is 74.4 cm³/mol. The molecule has 5 heteroatoms. The molecule has 2 aromatic rings. The zero-order chi connectivity index (χ0) is 11.9. The number of halogens is 1. The molecule has 0 aliphatic rings. The van der Waals surface area contributed by atoms with Gasteiger partial charge in [-0.25, -0.2) is 4.98 Å². The van der Waals surface area contributed by atoms with Gasteiger partial charge in [0.25, 0.3) is 0 Å². The Balaban J connectivity index is 0.00000162. The minimum atomic E-state index is 0. The lowest BCUT2D eigenvalue weighted by Gasteiger charge is -2.07. The molecule has 0 aliphatic carbocycles. The van der Waals surface area contributed by atoms with Crippen LogP contribution in [0.25, 0.3) is 5.69 Å². The Labute approximate surface area is 113 Å². The van der Waals surface area contributed by atoms with E-state index in [1.165, 1.54) is 0 Å². The summed E-state index contributed by atoms with van der Waals surface area (Å²) >= 11 is 0. The molecule has 0 spiro atoms. The number of imidazole rings is 1. The van der Waals surface area contributed by atoms with Crippen LogP contribution in [0.3, 0.4) is 0 Å². The molecule has 0 fully saturated rings. The van der Waals surface area contributed by atoms with Crippen LogP contribution >= 0.6 is 12.4 Å². The van der Waals surface area contributed by atoms with Crippen LogP contribution in [0, 0.1) is 0 Å². The molecule has 1 heterocycles. The average Bonchev–Trinajstić information content (AvgIpc) is 2.89. The Bertz CT molecular complexity index is 428. The van der Waals surface area contributed by atoms with Gasteiger partial charge in [-0.1, -0.05) is 13.3 Å². The largest absolute Gasteiger partial charge is 0.409 e. The van der Waals surface area contributed by atoms with Crippen molar-refractivity contribution in [1.29, 1.82) is 0 Å². The first-order chi connectivity index (χ1) is 8.40. The molecule has 0 bridgehead atoms. The van der Waals surface area contributed by atoms with Crippen molar-refractivity contribution in [1.82, 2.24) is 15.0 Å². The molecule has 4 nitrogen and oxygen atoms in total. The van der Waals surface area contributed by atoms with Crippen molar-refractivity contribution >= 4 is 12.4 Å². The van der Waals surface area contributed by atoms with Gasteiger partial charge in [0.2, 0.25) is 0 Å². The summed E-state index contributed by atoms with van der Waals surface area (Å²) in [6, 6.07) is 7.87. The molecule has 98 valence electrons. The Morgan fingerprint density at radius 2 is 2.06 bits per heavy atom. The van der Waals surface area contributed by atoms with E-state index in [-0.39, 0.29) is 12.4 Å². The molecule has 1 N–H and O–H groups in total. The molecule has 0 saturated carbocycles. The van der Waals surface area contributed by atoms with E-state index in [0.29, 0.717) is 0 Å². The molecular weight excluding hydrogens is 250 g/mol. The monoisotopic (exact) mass is 267 g/mol. The number of nitrogens with one attached hydrogen (secondary N) is 1. The minimum Gasteiger partial charge on any atom is -0.409 e. The molecule has 0 aliphatic heterocycles. The lowest BCUT2D eigenvalue weighted by atomic mass is 10.3. The molecule has 18 heavy (non-hydrogen) atoms. The van der Waals surface area contributed by atoms with Crippen LogP contribution in [0.4, 0.5) is 0 Å². The normalized spacial score (nSPS) is 9.83. The number of nitrogens with zero attached hydrogens (tertiary/aromatic N) is 2. The Kier molecular flexibility index (Phi) is 6.25. The molecule has 0 unspecified atom stereocenters. The van der Waals surface area contributed by atoms with E-state index in [2.05, 4.69) is 17.4 Å². The number of hydrogen-bond acceptors (Lipinski definition) is 3. The van der Waals surface area contributed by atoms with E-state index in [1.54, 1.807) is 12.5 Å². The summed E-state index contributed by atoms with van der Waals surface area (Å²) in [5.41, 5.74) is 4.01. The third kappa shape index (κ3) is 4.05. The maximum Gasteiger partial charge on any atom is 0.147 e. The highest BCUT2D eigenvalue weighted by Crippen LogP contribution is 2.14. The maximum absolute atomic E-state index is 5.41. The van der Waals surface area contributed by atoms with Gasteiger partial charge in [-0.3, -0.25) is 0 Å². The molecule has 0 amide bonds. The molecule has 0 saturated heterocycles. The van der Waals surface area contributed by atoms with Gasteiger partial charge in [0.15, 0.2) is 0 Å². The number of aromatic nitrogens is 2. The zero-order valence-corrected chi connectivity index (χ0v) is 11.2. The Hall–Kier alpha value is -1.52. The van der Waals surface area contributed by atoms with E-state index in [9.17, 15) is 0 Å². The van der Waals surface area contributed by atoms with Crippen LogP contribution in [0.1, 0.15) is 19.8 Å². The van der Waals surface area contributed by atoms with E-state index >= 15 is 0 Å². The van der Waals surface area contributed by atoms with Crippen molar-refractivity contribution in [2.24, 2.45) is 0 Å². The van der Waals surface area contributed by atoms with Crippen LogP contribution in [-0.4, -0.2) is 16.1 Å². The van der Waals surface area contributed by atoms with E-state index in [4.69, 9.17) is 4.84 Å². The molecular formula is C13H18ClN3O. The minimum absolute atomic E-state index is 0. The second-order valence-electron chi connectivity index (χ2n) is 3.81. The first-order valence-corrected chi connectivity index (χ1v) is 5.88. The number of hydroxylamine groups is 1. The number of rotatable bonds is 6. The van der Waals surface area contributed by atoms with Gasteiger partial charge in [-0.2, -0.15) is 5.48 Å². The van der Waals surface area contributed by atoms with Crippen molar-refractivity contribution in [3.05, 3.63) is 43.0 Å². The fourth-order valence-corrected chi connectivity index (χ4v) is 1.48. The highest BCUT2D eigenvalue weighted by atomic mass is 35.5. The van der Waals surface area contributed by atoms with Gasteiger partial charge in [0.1, 0.15) is 5.75 Å². The summed E-state index contributed by atoms with van der Waals surface area (Å²) in [7, 11) is 0. The van der Waals surface area contributed by atoms with Gasteiger partial charge < -0.3 is 9.40 Å². The smallest absolute Gasteiger partial charge is 0.147 e. The fraction of sp³-hybridized carbons (Fsp3) is 0.308. The third-order valence-electron chi connectivity index (χ3n) is 2.46. The topological polar surface area (TPSA) is 39.1 Å². The Morgan fingerprint density at radius 3 is 2.67 bits per heavy atom. The van der Waals surface area contributed by atoms with E-state index < -0.39 is 0 Å². The van der Waals surface area contributed by atoms with Crippen LogP contribution in [0.5, 0.6) is 5.75 Å². The molecule has 2 rings (SSSR count). The molecule has 0 atom stereocenters. The summed E-state index contributed by atoms with van der Waals surface area (Å²) in [5.74, 6) is 0.824. The highest BCUT2D eigenvalue weighted by Gasteiger charge is 1.97. The van der Waals surface area contributed by atoms with Gasteiger partial charge >= 0.3 is 0 Å².